The van der Waals surface area contributed by atoms with Crippen molar-refractivity contribution in [1.29, 1.82) is 0 Å². The van der Waals surface area contributed by atoms with Crippen LogP contribution in [-0.4, -0.2) is 17.9 Å². The monoisotopic (exact) mass is 282 g/mol. The van der Waals surface area contributed by atoms with Gasteiger partial charge in [-0.15, -0.1) is 0 Å². The molecule has 0 bridgehead atoms. The number of nitrogens with zero attached hydrogens (tertiary/aromatic N) is 1. The Kier molecular flexibility index (Phi) is 4.32. The lowest BCUT2D eigenvalue weighted by Gasteiger charge is -2.20. The van der Waals surface area contributed by atoms with Crippen molar-refractivity contribution in [3.8, 4) is 0 Å². The summed E-state index contributed by atoms with van der Waals surface area (Å²) in [4.78, 5) is 14.4. The summed E-state index contributed by atoms with van der Waals surface area (Å²) in [5.41, 5.74) is 11.5. The minimum absolute atomic E-state index is 0.0572. The summed E-state index contributed by atoms with van der Waals surface area (Å²) in [6.07, 6.45) is 0. The van der Waals surface area contributed by atoms with E-state index in [-0.39, 0.29) is 5.91 Å². The maximum absolute atomic E-state index is 12.7. The third-order valence-corrected chi connectivity index (χ3v) is 3.64. The van der Waals surface area contributed by atoms with E-state index in [0.717, 1.165) is 27.9 Å². The highest BCUT2D eigenvalue weighted by Gasteiger charge is 2.17. The number of anilines is 1. The van der Waals surface area contributed by atoms with Crippen molar-refractivity contribution >= 4 is 11.6 Å². The molecule has 2 rings (SSSR count). The summed E-state index contributed by atoms with van der Waals surface area (Å²) in [5.74, 6) is 0.0572. The van der Waals surface area contributed by atoms with Crippen LogP contribution in [0.4, 0.5) is 5.69 Å². The standard InChI is InChI=1S/C18H22N2O/c1-12-9-13(2)17(14(3)10-12)18(21)20(4)11-15-5-7-16(19)8-6-15/h5-10H,11,19H2,1-4H3. The summed E-state index contributed by atoms with van der Waals surface area (Å²) in [5, 5.41) is 0. The lowest BCUT2D eigenvalue weighted by atomic mass is 9.98. The number of benzene rings is 2. The molecule has 0 aromatic heterocycles. The molecule has 0 atom stereocenters. The zero-order chi connectivity index (χ0) is 15.6. The SMILES string of the molecule is Cc1cc(C)c(C(=O)N(C)Cc2ccc(N)cc2)c(C)c1. The molecular weight excluding hydrogens is 260 g/mol. The van der Waals surface area contributed by atoms with E-state index >= 15 is 0 Å². The lowest BCUT2D eigenvalue weighted by Crippen LogP contribution is -2.27. The molecule has 2 aromatic rings. The van der Waals surface area contributed by atoms with Crippen LogP contribution in [0.25, 0.3) is 0 Å². The van der Waals surface area contributed by atoms with Gasteiger partial charge >= 0.3 is 0 Å². The molecule has 2 aromatic carbocycles. The molecule has 0 heterocycles. The van der Waals surface area contributed by atoms with Crippen LogP contribution in [0, 0.1) is 20.8 Å². The summed E-state index contributed by atoms with van der Waals surface area (Å²) in [6.45, 7) is 6.60. The maximum atomic E-state index is 12.7. The Hall–Kier alpha value is -2.29. The average molecular weight is 282 g/mol. The highest BCUT2D eigenvalue weighted by atomic mass is 16.2. The van der Waals surface area contributed by atoms with E-state index in [0.29, 0.717) is 6.54 Å². The van der Waals surface area contributed by atoms with Gasteiger partial charge in [0.1, 0.15) is 0 Å². The number of hydrogen-bond donors (Lipinski definition) is 1. The number of carbonyl (C=O) groups is 1. The van der Waals surface area contributed by atoms with Gasteiger partial charge in [0.25, 0.3) is 5.91 Å². The minimum atomic E-state index is 0.0572. The fraction of sp³-hybridized carbons (Fsp3) is 0.278. The Morgan fingerprint density at radius 1 is 1.05 bits per heavy atom. The van der Waals surface area contributed by atoms with Gasteiger partial charge in [-0.05, 0) is 49.6 Å². The van der Waals surface area contributed by atoms with Crippen LogP contribution in [0.1, 0.15) is 32.6 Å². The number of rotatable bonds is 3. The summed E-state index contributed by atoms with van der Waals surface area (Å²) in [6, 6.07) is 11.7. The molecule has 0 radical (unpaired) electrons. The third-order valence-electron chi connectivity index (χ3n) is 3.64. The Bertz CT molecular complexity index is 636. The van der Waals surface area contributed by atoms with Crippen LogP contribution in [0.2, 0.25) is 0 Å². The first kappa shape index (κ1) is 15.1. The minimum Gasteiger partial charge on any atom is -0.399 e. The van der Waals surface area contributed by atoms with Crippen LogP contribution in [0.15, 0.2) is 36.4 Å². The van der Waals surface area contributed by atoms with E-state index in [4.69, 9.17) is 5.73 Å². The van der Waals surface area contributed by atoms with Gasteiger partial charge < -0.3 is 10.6 Å². The van der Waals surface area contributed by atoms with Crippen molar-refractivity contribution < 1.29 is 4.79 Å². The number of nitrogens with two attached hydrogens (primary N) is 1. The normalized spacial score (nSPS) is 10.5. The van der Waals surface area contributed by atoms with E-state index in [1.165, 1.54) is 5.56 Å². The molecule has 2 N–H and O–H groups in total. The zero-order valence-electron chi connectivity index (χ0n) is 13.1. The third kappa shape index (κ3) is 3.43. The van der Waals surface area contributed by atoms with Crippen molar-refractivity contribution in [3.05, 3.63) is 64.2 Å². The molecule has 0 unspecified atom stereocenters. The average Bonchev–Trinajstić information content (AvgIpc) is 2.40. The van der Waals surface area contributed by atoms with Gasteiger partial charge in [-0.1, -0.05) is 29.8 Å². The van der Waals surface area contributed by atoms with E-state index in [1.807, 2.05) is 52.1 Å². The molecular formula is C18H22N2O. The number of nitrogen functional groups attached to an aromatic ring is 1. The van der Waals surface area contributed by atoms with Gasteiger partial charge in [-0.2, -0.15) is 0 Å². The van der Waals surface area contributed by atoms with E-state index in [1.54, 1.807) is 4.90 Å². The van der Waals surface area contributed by atoms with Gasteiger partial charge in [-0.3, -0.25) is 4.79 Å². The smallest absolute Gasteiger partial charge is 0.254 e. The predicted octanol–water partition coefficient (Wildman–Crippen LogP) is 3.47. The summed E-state index contributed by atoms with van der Waals surface area (Å²) in [7, 11) is 1.83. The first-order valence-corrected chi connectivity index (χ1v) is 7.06. The molecule has 1 amide bonds. The van der Waals surface area contributed by atoms with E-state index in [9.17, 15) is 4.79 Å². The van der Waals surface area contributed by atoms with Crippen LogP contribution in [0.3, 0.4) is 0 Å². The van der Waals surface area contributed by atoms with Gasteiger partial charge in [0, 0.05) is 24.8 Å². The van der Waals surface area contributed by atoms with Crippen LogP contribution >= 0.6 is 0 Å². The Balaban J connectivity index is 2.22. The van der Waals surface area contributed by atoms with E-state index in [2.05, 4.69) is 12.1 Å². The first-order valence-electron chi connectivity index (χ1n) is 7.06. The second-order valence-corrected chi connectivity index (χ2v) is 5.68. The van der Waals surface area contributed by atoms with Crippen molar-refractivity contribution in [3.63, 3.8) is 0 Å². The molecule has 0 saturated carbocycles. The highest BCUT2D eigenvalue weighted by Crippen LogP contribution is 2.19. The number of carbonyl (C=O) groups excluding carboxylic acids is 1. The molecule has 0 aliphatic carbocycles. The Morgan fingerprint density at radius 3 is 2.10 bits per heavy atom. The second-order valence-electron chi connectivity index (χ2n) is 5.68. The molecule has 21 heavy (non-hydrogen) atoms. The number of hydrogen-bond acceptors (Lipinski definition) is 2. The van der Waals surface area contributed by atoms with E-state index < -0.39 is 0 Å². The van der Waals surface area contributed by atoms with Crippen LogP contribution in [0.5, 0.6) is 0 Å². The molecule has 0 saturated heterocycles. The van der Waals surface area contributed by atoms with Crippen molar-refractivity contribution in [1.82, 2.24) is 4.90 Å². The molecule has 3 nitrogen and oxygen atoms in total. The van der Waals surface area contributed by atoms with Crippen LogP contribution in [-0.2, 0) is 6.54 Å². The Morgan fingerprint density at radius 2 is 1.57 bits per heavy atom. The molecule has 0 spiro atoms. The molecule has 0 aliphatic heterocycles. The number of aryl methyl sites for hydroxylation is 3. The van der Waals surface area contributed by atoms with Gasteiger partial charge in [0.2, 0.25) is 0 Å². The van der Waals surface area contributed by atoms with Gasteiger partial charge in [0.15, 0.2) is 0 Å². The molecule has 0 fully saturated rings. The van der Waals surface area contributed by atoms with Crippen LogP contribution < -0.4 is 5.73 Å². The molecule has 110 valence electrons. The topological polar surface area (TPSA) is 46.3 Å². The second kappa shape index (κ2) is 6.00. The summed E-state index contributed by atoms with van der Waals surface area (Å²) < 4.78 is 0. The largest absolute Gasteiger partial charge is 0.399 e. The first-order chi connectivity index (χ1) is 9.88. The quantitative estimate of drug-likeness (QED) is 0.876. The molecule has 3 heteroatoms. The van der Waals surface area contributed by atoms with Crippen molar-refractivity contribution in [2.75, 3.05) is 12.8 Å². The van der Waals surface area contributed by atoms with Crippen molar-refractivity contribution in [2.45, 2.75) is 27.3 Å². The van der Waals surface area contributed by atoms with Crippen molar-refractivity contribution in [2.24, 2.45) is 0 Å². The zero-order valence-corrected chi connectivity index (χ0v) is 13.1. The summed E-state index contributed by atoms with van der Waals surface area (Å²) >= 11 is 0. The lowest BCUT2D eigenvalue weighted by molar-refractivity contribution is 0.0783. The fourth-order valence-electron chi connectivity index (χ4n) is 2.68. The molecule has 0 aliphatic rings. The van der Waals surface area contributed by atoms with Gasteiger partial charge in [-0.25, -0.2) is 0 Å². The highest BCUT2D eigenvalue weighted by molar-refractivity contribution is 5.97. The fourth-order valence-corrected chi connectivity index (χ4v) is 2.68. The number of amides is 1. The van der Waals surface area contributed by atoms with Gasteiger partial charge in [0.05, 0.1) is 0 Å². The predicted molar refractivity (Wildman–Crippen MR) is 87.3 cm³/mol. The maximum Gasteiger partial charge on any atom is 0.254 e. The Labute approximate surface area is 126 Å².